The molecule has 0 spiro atoms. The molecule has 226 valence electrons. The van der Waals surface area contributed by atoms with Crippen LogP contribution in [0.25, 0.3) is 11.3 Å². The lowest BCUT2D eigenvalue weighted by molar-refractivity contribution is -0.141. The maximum absolute atomic E-state index is 15.0. The number of amides is 2. The van der Waals surface area contributed by atoms with Gasteiger partial charge in [0.25, 0.3) is 0 Å². The highest BCUT2D eigenvalue weighted by molar-refractivity contribution is 5.78. The quantitative estimate of drug-likeness (QED) is 0.300. The van der Waals surface area contributed by atoms with Crippen molar-refractivity contribution in [3.05, 3.63) is 77.8 Å². The summed E-state index contributed by atoms with van der Waals surface area (Å²) in [7, 11) is 0. The van der Waals surface area contributed by atoms with Crippen LogP contribution in [0.15, 0.2) is 54.7 Å². The Morgan fingerprint density at radius 3 is 2.57 bits per heavy atom. The molecule has 8 nitrogen and oxygen atoms in total. The normalized spacial score (nSPS) is 17.7. The fourth-order valence-corrected chi connectivity index (χ4v) is 5.56. The van der Waals surface area contributed by atoms with Crippen molar-refractivity contribution in [2.75, 3.05) is 32.8 Å². The number of imidazole rings is 1. The maximum atomic E-state index is 15.0. The smallest absolute Gasteiger partial charge is 0.248 e. The third kappa shape index (κ3) is 7.38. The van der Waals surface area contributed by atoms with Gasteiger partial charge in [0.05, 0.1) is 11.7 Å². The average molecular weight is 586 g/mol. The summed E-state index contributed by atoms with van der Waals surface area (Å²) < 4.78 is 45.8. The predicted octanol–water partition coefficient (Wildman–Crippen LogP) is 3.85. The summed E-state index contributed by atoms with van der Waals surface area (Å²) in [5.41, 5.74) is 0.258. The predicted molar refractivity (Wildman–Crippen MR) is 153 cm³/mol. The number of nitrogens with zero attached hydrogens (tertiary/aromatic N) is 3. The van der Waals surface area contributed by atoms with E-state index in [0.29, 0.717) is 31.9 Å². The van der Waals surface area contributed by atoms with Crippen LogP contribution in [0, 0.1) is 23.0 Å². The number of hydrogen-bond acceptors (Lipinski definition) is 5. The Morgan fingerprint density at radius 1 is 1.19 bits per heavy atom. The molecule has 0 saturated carbocycles. The number of halogens is 3. The van der Waals surface area contributed by atoms with Crippen LogP contribution in [0.3, 0.4) is 0 Å². The van der Waals surface area contributed by atoms with Gasteiger partial charge in [-0.2, -0.15) is 0 Å². The maximum Gasteiger partial charge on any atom is 0.248 e. The van der Waals surface area contributed by atoms with Gasteiger partial charge in [-0.1, -0.05) is 44.2 Å². The Balaban J connectivity index is 1.89. The van der Waals surface area contributed by atoms with Gasteiger partial charge in [0.15, 0.2) is 0 Å². The molecule has 11 heteroatoms. The molecule has 1 aromatic heterocycles. The number of hydrogen-bond donors (Lipinski definition) is 3. The molecule has 2 heterocycles. The molecule has 1 aliphatic rings. The highest BCUT2D eigenvalue weighted by Crippen LogP contribution is 2.42. The van der Waals surface area contributed by atoms with Crippen molar-refractivity contribution in [2.45, 2.75) is 46.0 Å². The largest absolute Gasteiger partial charge is 0.387 e. The molecule has 3 N–H and O–H groups in total. The molecule has 4 rings (SSSR count). The van der Waals surface area contributed by atoms with Gasteiger partial charge in [0, 0.05) is 57.3 Å². The van der Waals surface area contributed by atoms with Crippen LogP contribution in [0.4, 0.5) is 13.2 Å². The minimum absolute atomic E-state index is 0.00362. The molecule has 0 bridgehead atoms. The highest BCUT2D eigenvalue weighted by Gasteiger charge is 2.43. The molecule has 1 aliphatic heterocycles. The Morgan fingerprint density at radius 2 is 1.93 bits per heavy atom. The SMILES string of the molecule is CC(=O)NCCC(C)(C)C(c1nc(-c2cc(F)ccc2F)cn1Cc1ccccc1)N(CC1CNCC1F)C(=O)CO. The summed E-state index contributed by atoms with van der Waals surface area (Å²) >= 11 is 0. The number of benzene rings is 2. The van der Waals surface area contributed by atoms with Gasteiger partial charge in [-0.3, -0.25) is 9.59 Å². The Hall–Kier alpha value is -3.70. The first-order valence-corrected chi connectivity index (χ1v) is 14.1. The standard InChI is InChI=1S/C31H38F3N5O3/c1-20(41)36-12-11-31(2,3)29(39(28(42)19-40)17-22-14-35-15-26(22)34)30-37-27(24-13-23(32)9-10-25(24)33)18-38(30)16-21-7-5-4-6-8-21/h4-10,13,18,22,26,29,35,40H,11-12,14-17,19H2,1-3H3,(H,36,41). The summed E-state index contributed by atoms with van der Waals surface area (Å²) in [5.74, 6) is -2.26. The van der Waals surface area contributed by atoms with E-state index in [2.05, 4.69) is 10.6 Å². The van der Waals surface area contributed by atoms with Crippen LogP contribution in [0.1, 0.15) is 44.6 Å². The van der Waals surface area contributed by atoms with Gasteiger partial charge in [-0.15, -0.1) is 0 Å². The zero-order chi connectivity index (χ0) is 30.4. The van der Waals surface area contributed by atoms with Gasteiger partial charge < -0.3 is 25.2 Å². The fraction of sp³-hybridized carbons (Fsp3) is 0.452. The van der Waals surface area contributed by atoms with E-state index >= 15 is 0 Å². The van der Waals surface area contributed by atoms with E-state index in [0.717, 1.165) is 23.8 Å². The van der Waals surface area contributed by atoms with Crippen LogP contribution in [0.5, 0.6) is 0 Å². The monoisotopic (exact) mass is 585 g/mol. The van der Waals surface area contributed by atoms with E-state index in [9.17, 15) is 27.9 Å². The number of alkyl halides is 1. The fourth-order valence-electron chi connectivity index (χ4n) is 5.56. The van der Waals surface area contributed by atoms with Crippen molar-refractivity contribution in [1.29, 1.82) is 0 Å². The van der Waals surface area contributed by atoms with Crippen LogP contribution in [-0.4, -0.2) is 70.3 Å². The van der Waals surface area contributed by atoms with Crippen LogP contribution in [-0.2, 0) is 16.1 Å². The lowest BCUT2D eigenvalue weighted by Gasteiger charge is -2.43. The van der Waals surface area contributed by atoms with Gasteiger partial charge in [-0.25, -0.2) is 18.2 Å². The molecule has 3 atom stereocenters. The second kappa shape index (κ2) is 13.5. The summed E-state index contributed by atoms with van der Waals surface area (Å²) in [6.45, 7) is 5.53. The van der Waals surface area contributed by atoms with E-state index < -0.39 is 47.7 Å². The number of rotatable bonds is 12. The zero-order valence-electron chi connectivity index (χ0n) is 24.1. The van der Waals surface area contributed by atoms with Gasteiger partial charge >= 0.3 is 0 Å². The Bertz CT molecular complexity index is 1380. The van der Waals surface area contributed by atoms with Crippen molar-refractivity contribution in [3.8, 4) is 11.3 Å². The van der Waals surface area contributed by atoms with E-state index in [1.165, 1.54) is 11.8 Å². The molecule has 2 amide bonds. The number of aliphatic hydroxyl groups is 1. The molecule has 1 fully saturated rings. The van der Waals surface area contributed by atoms with Gasteiger partial charge in [-0.05, 0) is 35.6 Å². The minimum atomic E-state index is -1.19. The number of aliphatic hydroxyl groups excluding tert-OH is 1. The van der Waals surface area contributed by atoms with E-state index in [1.54, 1.807) is 10.8 Å². The molecule has 3 aromatic rings. The molecule has 2 aromatic carbocycles. The Kier molecular flexibility index (Phi) is 10.1. The number of nitrogens with one attached hydrogen (secondary N) is 2. The first kappa shape index (κ1) is 31.2. The summed E-state index contributed by atoms with van der Waals surface area (Å²) in [6, 6.07) is 11.8. The zero-order valence-corrected chi connectivity index (χ0v) is 24.1. The molecule has 42 heavy (non-hydrogen) atoms. The third-order valence-electron chi connectivity index (χ3n) is 7.79. The van der Waals surface area contributed by atoms with E-state index in [4.69, 9.17) is 4.98 Å². The number of aromatic nitrogens is 2. The molecule has 1 saturated heterocycles. The van der Waals surface area contributed by atoms with Crippen molar-refractivity contribution in [1.82, 2.24) is 25.1 Å². The summed E-state index contributed by atoms with van der Waals surface area (Å²) in [6.07, 6.45) is 0.826. The first-order valence-electron chi connectivity index (χ1n) is 14.1. The minimum Gasteiger partial charge on any atom is -0.387 e. The molecule has 3 unspecified atom stereocenters. The number of carbonyl (C=O) groups is 2. The topological polar surface area (TPSA) is 99.5 Å². The Labute approximate surface area is 243 Å². The van der Waals surface area contributed by atoms with Crippen LogP contribution >= 0.6 is 0 Å². The second-order valence-corrected chi connectivity index (χ2v) is 11.5. The van der Waals surface area contributed by atoms with Crippen molar-refractivity contribution >= 4 is 11.8 Å². The van der Waals surface area contributed by atoms with Gasteiger partial charge in [0.2, 0.25) is 11.8 Å². The highest BCUT2D eigenvalue weighted by atomic mass is 19.1. The average Bonchev–Trinajstić information content (AvgIpc) is 3.54. The second-order valence-electron chi connectivity index (χ2n) is 11.5. The first-order chi connectivity index (χ1) is 20.0. The van der Waals surface area contributed by atoms with Crippen molar-refractivity contribution in [2.24, 2.45) is 11.3 Å². The lowest BCUT2D eigenvalue weighted by Crippen LogP contribution is -2.48. The lowest BCUT2D eigenvalue weighted by atomic mass is 9.79. The summed E-state index contributed by atoms with van der Waals surface area (Å²) in [4.78, 5) is 31.3. The van der Waals surface area contributed by atoms with Crippen molar-refractivity contribution in [3.63, 3.8) is 0 Å². The molecule has 0 radical (unpaired) electrons. The third-order valence-corrected chi connectivity index (χ3v) is 7.79. The molecular weight excluding hydrogens is 547 g/mol. The van der Waals surface area contributed by atoms with Crippen LogP contribution in [0.2, 0.25) is 0 Å². The van der Waals surface area contributed by atoms with Crippen molar-refractivity contribution < 1.29 is 27.9 Å². The van der Waals surface area contributed by atoms with E-state index in [-0.39, 0.29) is 30.3 Å². The molecule has 0 aliphatic carbocycles. The summed E-state index contributed by atoms with van der Waals surface area (Å²) in [5, 5.41) is 15.8. The van der Waals surface area contributed by atoms with Crippen LogP contribution < -0.4 is 10.6 Å². The number of carbonyl (C=O) groups excluding carboxylic acids is 2. The van der Waals surface area contributed by atoms with Gasteiger partial charge in [0.1, 0.15) is 30.2 Å². The van der Waals surface area contributed by atoms with E-state index in [1.807, 2.05) is 44.2 Å². The molecular formula is C31H38F3N5O3.